The van der Waals surface area contributed by atoms with Crippen molar-refractivity contribution in [2.75, 3.05) is 13.2 Å². The summed E-state index contributed by atoms with van der Waals surface area (Å²) < 4.78 is 7.38. The van der Waals surface area contributed by atoms with Crippen LogP contribution < -0.4 is 5.32 Å². The van der Waals surface area contributed by atoms with Gasteiger partial charge in [0.25, 0.3) is 0 Å². The quantitative estimate of drug-likeness (QED) is 0.839. The number of hydrogen-bond donors (Lipinski definition) is 1. The molecule has 4 nitrogen and oxygen atoms in total. The molecule has 1 fully saturated rings. The topological polar surface area (TPSA) is 39.1 Å². The maximum Gasteiger partial charge on any atom is 0.0646 e. The third kappa shape index (κ3) is 2.13. The molecule has 2 rings (SSSR count). The third-order valence-corrected chi connectivity index (χ3v) is 3.57. The van der Waals surface area contributed by atoms with Crippen molar-refractivity contribution in [1.29, 1.82) is 0 Å². The van der Waals surface area contributed by atoms with Crippen molar-refractivity contribution >= 4 is 0 Å². The molecule has 1 aliphatic rings. The van der Waals surface area contributed by atoms with Gasteiger partial charge in [-0.3, -0.25) is 4.68 Å². The zero-order valence-electron chi connectivity index (χ0n) is 10.6. The molecule has 16 heavy (non-hydrogen) atoms. The summed E-state index contributed by atoms with van der Waals surface area (Å²) in [5, 5.41) is 8.01. The smallest absolute Gasteiger partial charge is 0.0646 e. The molecule has 1 aliphatic heterocycles. The van der Waals surface area contributed by atoms with Crippen LogP contribution in [0, 0.1) is 13.8 Å². The average molecular weight is 223 g/mol. The van der Waals surface area contributed by atoms with Gasteiger partial charge in [0.2, 0.25) is 0 Å². The summed E-state index contributed by atoms with van der Waals surface area (Å²) >= 11 is 0. The molecule has 1 unspecified atom stereocenters. The molecule has 4 heteroatoms. The van der Waals surface area contributed by atoms with Crippen LogP contribution in [-0.4, -0.2) is 28.5 Å². The van der Waals surface area contributed by atoms with Crippen molar-refractivity contribution in [1.82, 2.24) is 15.1 Å². The van der Waals surface area contributed by atoms with E-state index in [0.717, 1.165) is 31.9 Å². The van der Waals surface area contributed by atoms with Gasteiger partial charge in [-0.1, -0.05) is 0 Å². The van der Waals surface area contributed by atoms with Gasteiger partial charge in [-0.05, 0) is 27.2 Å². The minimum Gasteiger partial charge on any atom is -0.379 e. The highest BCUT2D eigenvalue weighted by Gasteiger charge is 2.29. The van der Waals surface area contributed by atoms with E-state index < -0.39 is 0 Å². The number of nitrogens with one attached hydrogen (secondary N) is 1. The van der Waals surface area contributed by atoms with Gasteiger partial charge in [-0.2, -0.15) is 5.10 Å². The fraction of sp³-hybridized carbons (Fsp3) is 0.750. The normalized spacial score (nSPS) is 25.2. The predicted octanol–water partition coefficient (Wildman–Crippen LogP) is 1.31. The molecule has 1 atom stereocenters. The van der Waals surface area contributed by atoms with Crippen LogP contribution in [0.15, 0.2) is 0 Å². The molecular formula is C12H21N3O. The third-order valence-electron chi connectivity index (χ3n) is 3.57. The van der Waals surface area contributed by atoms with Crippen molar-refractivity contribution in [3.8, 4) is 0 Å². The monoisotopic (exact) mass is 223 g/mol. The minimum atomic E-state index is 0.134. The standard InChI is InChI=1S/C12H21N3O/c1-9-11(10(2)15(4)14-9)7-13-12(3)5-6-16-8-12/h13H,5-8H2,1-4H3. The molecule has 0 spiro atoms. The Kier molecular flexibility index (Phi) is 3.04. The van der Waals surface area contributed by atoms with E-state index in [1.54, 1.807) is 0 Å². The minimum absolute atomic E-state index is 0.134. The lowest BCUT2D eigenvalue weighted by Gasteiger charge is -2.23. The maximum atomic E-state index is 5.43. The SMILES string of the molecule is Cc1nn(C)c(C)c1CNC1(C)CCOC1. The molecule has 0 amide bonds. The Balaban J connectivity index is 2.04. The number of aromatic nitrogens is 2. The highest BCUT2D eigenvalue weighted by molar-refractivity contribution is 5.24. The fourth-order valence-electron chi connectivity index (χ4n) is 2.18. The summed E-state index contributed by atoms with van der Waals surface area (Å²) in [5.41, 5.74) is 3.81. The Bertz CT molecular complexity index is 378. The molecular weight excluding hydrogens is 202 g/mol. The van der Waals surface area contributed by atoms with Gasteiger partial charge < -0.3 is 10.1 Å². The molecule has 1 N–H and O–H groups in total. The van der Waals surface area contributed by atoms with Gasteiger partial charge in [0.1, 0.15) is 0 Å². The Morgan fingerprint density at radius 3 is 2.75 bits per heavy atom. The van der Waals surface area contributed by atoms with E-state index in [-0.39, 0.29) is 5.54 Å². The molecule has 2 heterocycles. The number of hydrogen-bond acceptors (Lipinski definition) is 3. The maximum absolute atomic E-state index is 5.43. The second-order valence-corrected chi connectivity index (χ2v) is 4.99. The first kappa shape index (κ1) is 11.6. The van der Waals surface area contributed by atoms with Crippen LogP contribution >= 0.6 is 0 Å². The highest BCUT2D eigenvalue weighted by Crippen LogP contribution is 2.19. The molecule has 1 aromatic heterocycles. The number of aryl methyl sites for hydroxylation is 2. The summed E-state index contributed by atoms with van der Waals surface area (Å²) in [4.78, 5) is 0. The second kappa shape index (κ2) is 4.18. The van der Waals surface area contributed by atoms with E-state index in [9.17, 15) is 0 Å². The summed E-state index contributed by atoms with van der Waals surface area (Å²) in [5.74, 6) is 0. The molecule has 1 aromatic rings. The van der Waals surface area contributed by atoms with Gasteiger partial charge in [0.15, 0.2) is 0 Å². The lowest BCUT2D eigenvalue weighted by molar-refractivity contribution is 0.171. The van der Waals surface area contributed by atoms with Gasteiger partial charge in [-0.15, -0.1) is 0 Å². The molecule has 0 aliphatic carbocycles. The first-order valence-electron chi connectivity index (χ1n) is 5.84. The van der Waals surface area contributed by atoms with Crippen LogP contribution in [0.4, 0.5) is 0 Å². The summed E-state index contributed by atoms with van der Waals surface area (Å²) in [6, 6.07) is 0. The lowest BCUT2D eigenvalue weighted by atomic mass is 10.0. The Morgan fingerprint density at radius 2 is 2.25 bits per heavy atom. The van der Waals surface area contributed by atoms with Gasteiger partial charge in [0.05, 0.1) is 12.3 Å². The van der Waals surface area contributed by atoms with E-state index in [0.29, 0.717) is 0 Å². The summed E-state index contributed by atoms with van der Waals surface area (Å²) in [6.07, 6.45) is 1.09. The zero-order valence-corrected chi connectivity index (χ0v) is 10.6. The second-order valence-electron chi connectivity index (χ2n) is 4.99. The van der Waals surface area contributed by atoms with E-state index in [4.69, 9.17) is 4.74 Å². The highest BCUT2D eigenvalue weighted by atomic mass is 16.5. The molecule has 1 saturated heterocycles. The average Bonchev–Trinajstić information content (AvgIpc) is 2.73. The lowest BCUT2D eigenvalue weighted by Crippen LogP contribution is -2.42. The van der Waals surface area contributed by atoms with Crippen molar-refractivity contribution in [3.63, 3.8) is 0 Å². The van der Waals surface area contributed by atoms with Crippen molar-refractivity contribution in [3.05, 3.63) is 17.0 Å². The van der Waals surface area contributed by atoms with E-state index >= 15 is 0 Å². The van der Waals surface area contributed by atoms with Crippen LogP contribution in [-0.2, 0) is 18.3 Å². The largest absolute Gasteiger partial charge is 0.379 e. The van der Waals surface area contributed by atoms with Crippen molar-refractivity contribution in [2.24, 2.45) is 7.05 Å². The van der Waals surface area contributed by atoms with Crippen LogP contribution in [0.2, 0.25) is 0 Å². The number of nitrogens with zero attached hydrogens (tertiary/aromatic N) is 2. The Labute approximate surface area is 97.0 Å². The van der Waals surface area contributed by atoms with Crippen LogP contribution in [0.3, 0.4) is 0 Å². The van der Waals surface area contributed by atoms with Crippen LogP contribution in [0.1, 0.15) is 30.3 Å². The molecule has 90 valence electrons. The van der Waals surface area contributed by atoms with Crippen molar-refractivity contribution in [2.45, 2.75) is 39.3 Å². The number of rotatable bonds is 3. The van der Waals surface area contributed by atoms with Crippen LogP contribution in [0.5, 0.6) is 0 Å². The van der Waals surface area contributed by atoms with Crippen molar-refractivity contribution < 1.29 is 4.74 Å². The Hall–Kier alpha value is -0.870. The zero-order chi connectivity index (χ0) is 11.8. The predicted molar refractivity (Wildman–Crippen MR) is 63.4 cm³/mol. The summed E-state index contributed by atoms with van der Waals surface area (Å²) in [6.45, 7) is 8.97. The fourth-order valence-corrected chi connectivity index (χ4v) is 2.18. The molecule has 0 saturated carbocycles. The van der Waals surface area contributed by atoms with E-state index in [1.165, 1.54) is 11.3 Å². The summed E-state index contributed by atoms with van der Waals surface area (Å²) in [7, 11) is 1.99. The van der Waals surface area contributed by atoms with E-state index in [2.05, 4.69) is 31.2 Å². The first-order chi connectivity index (χ1) is 7.52. The number of ether oxygens (including phenoxy) is 1. The molecule has 0 radical (unpaired) electrons. The first-order valence-corrected chi connectivity index (χ1v) is 5.84. The van der Waals surface area contributed by atoms with E-state index in [1.807, 2.05) is 11.7 Å². The van der Waals surface area contributed by atoms with Gasteiger partial charge in [0, 0.05) is 37.0 Å². The van der Waals surface area contributed by atoms with Gasteiger partial charge >= 0.3 is 0 Å². The van der Waals surface area contributed by atoms with Crippen LogP contribution in [0.25, 0.3) is 0 Å². The Morgan fingerprint density at radius 1 is 1.50 bits per heavy atom. The molecule has 0 bridgehead atoms. The molecule has 0 aromatic carbocycles. The van der Waals surface area contributed by atoms with Gasteiger partial charge in [-0.25, -0.2) is 0 Å².